The quantitative estimate of drug-likeness (QED) is 0.788. The number of nitrogens with one attached hydrogen (secondary N) is 1. The van der Waals surface area contributed by atoms with Crippen molar-refractivity contribution in [2.45, 2.75) is 70.1 Å². The topological polar surface area (TPSA) is 95.7 Å². The zero-order valence-electron chi connectivity index (χ0n) is 17.7. The number of carbonyl (C=O) groups excluding carboxylic acids is 3. The highest BCUT2D eigenvalue weighted by Crippen LogP contribution is 2.33. The average Bonchev–Trinajstić information content (AvgIpc) is 3.59. The van der Waals surface area contributed by atoms with Gasteiger partial charge in [0.25, 0.3) is 11.8 Å². The molecule has 7 heteroatoms. The molecule has 2 saturated carbocycles. The lowest BCUT2D eigenvalue weighted by Gasteiger charge is -2.43. The molecule has 0 bridgehead atoms. The number of nitrogens with two attached hydrogens (primary N) is 1. The molecule has 2 aliphatic carbocycles. The molecule has 7 nitrogen and oxygen atoms in total. The summed E-state index contributed by atoms with van der Waals surface area (Å²) in [5, 5.41) is 3.12. The van der Waals surface area contributed by atoms with Crippen LogP contribution in [0.4, 0.5) is 0 Å². The SMILES string of the molecule is Cc1cccc(C(=O)N2CCCN(C(=O)C3CC3)C2C(=O)NC2CCC(N)CC2)c1. The molecule has 1 saturated heterocycles. The first-order valence-corrected chi connectivity index (χ1v) is 11.2. The summed E-state index contributed by atoms with van der Waals surface area (Å²) < 4.78 is 0. The Morgan fingerprint density at radius 3 is 2.37 bits per heavy atom. The molecule has 3 amide bonds. The fourth-order valence-corrected chi connectivity index (χ4v) is 4.60. The van der Waals surface area contributed by atoms with E-state index < -0.39 is 6.17 Å². The van der Waals surface area contributed by atoms with E-state index in [9.17, 15) is 14.4 Å². The Morgan fingerprint density at radius 1 is 1.00 bits per heavy atom. The van der Waals surface area contributed by atoms with Crippen LogP contribution < -0.4 is 11.1 Å². The fourth-order valence-electron chi connectivity index (χ4n) is 4.60. The molecule has 1 heterocycles. The third-order valence-corrected chi connectivity index (χ3v) is 6.48. The molecule has 1 unspecified atom stereocenters. The lowest BCUT2D eigenvalue weighted by molar-refractivity contribution is -0.150. The van der Waals surface area contributed by atoms with Crippen molar-refractivity contribution < 1.29 is 14.4 Å². The van der Waals surface area contributed by atoms with Crippen LogP contribution in [0.25, 0.3) is 0 Å². The van der Waals surface area contributed by atoms with E-state index >= 15 is 0 Å². The van der Waals surface area contributed by atoms with Crippen molar-refractivity contribution in [3.63, 3.8) is 0 Å². The second kappa shape index (κ2) is 8.76. The van der Waals surface area contributed by atoms with Gasteiger partial charge >= 0.3 is 0 Å². The maximum absolute atomic E-state index is 13.4. The van der Waals surface area contributed by atoms with E-state index in [1.807, 2.05) is 25.1 Å². The Labute approximate surface area is 178 Å². The number of benzene rings is 1. The first-order chi connectivity index (χ1) is 14.4. The highest BCUT2D eigenvalue weighted by Gasteiger charge is 2.45. The van der Waals surface area contributed by atoms with Gasteiger partial charge in [0.15, 0.2) is 6.17 Å². The van der Waals surface area contributed by atoms with Crippen molar-refractivity contribution >= 4 is 17.7 Å². The Kier molecular flexibility index (Phi) is 6.09. The fraction of sp³-hybridized carbons (Fsp3) is 0.609. The number of hydrogen-bond acceptors (Lipinski definition) is 4. The molecular formula is C23H32N4O3. The zero-order valence-corrected chi connectivity index (χ0v) is 17.7. The smallest absolute Gasteiger partial charge is 0.264 e. The zero-order chi connectivity index (χ0) is 21.3. The summed E-state index contributed by atoms with van der Waals surface area (Å²) in [6, 6.07) is 7.64. The number of nitrogens with zero attached hydrogens (tertiary/aromatic N) is 2. The molecular weight excluding hydrogens is 380 g/mol. The van der Waals surface area contributed by atoms with Gasteiger partial charge < -0.3 is 20.9 Å². The van der Waals surface area contributed by atoms with E-state index in [1.165, 1.54) is 0 Å². The van der Waals surface area contributed by atoms with Crippen molar-refractivity contribution in [1.82, 2.24) is 15.1 Å². The van der Waals surface area contributed by atoms with Crippen molar-refractivity contribution in [2.75, 3.05) is 13.1 Å². The summed E-state index contributed by atoms with van der Waals surface area (Å²) in [6.45, 7) is 2.92. The molecule has 3 aliphatic rings. The Bertz CT molecular complexity index is 814. The van der Waals surface area contributed by atoms with Crippen LogP contribution in [0.3, 0.4) is 0 Å². The predicted octanol–water partition coefficient (Wildman–Crippen LogP) is 1.79. The molecule has 1 aromatic carbocycles. The number of hydrogen-bond donors (Lipinski definition) is 2. The maximum Gasteiger partial charge on any atom is 0.264 e. The van der Waals surface area contributed by atoms with Gasteiger partial charge in [0, 0.05) is 36.7 Å². The van der Waals surface area contributed by atoms with Crippen LogP contribution >= 0.6 is 0 Å². The highest BCUT2D eigenvalue weighted by molar-refractivity contribution is 5.99. The molecule has 4 rings (SSSR count). The summed E-state index contributed by atoms with van der Waals surface area (Å²) in [6.07, 6.45) is 4.97. The van der Waals surface area contributed by atoms with E-state index in [2.05, 4.69) is 5.32 Å². The first kappa shape index (κ1) is 20.8. The number of aryl methyl sites for hydroxylation is 1. The van der Waals surface area contributed by atoms with Crippen LogP contribution in [0.15, 0.2) is 24.3 Å². The molecule has 3 N–H and O–H groups in total. The normalized spacial score (nSPS) is 26.9. The molecule has 1 aliphatic heterocycles. The molecule has 1 atom stereocenters. The average molecular weight is 413 g/mol. The lowest BCUT2D eigenvalue weighted by atomic mass is 9.91. The molecule has 0 spiro atoms. The lowest BCUT2D eigenvalue weighted by Crippen LogP contribution is -2.64. The van der Waals surface area contributed by atoms with E-state index in [0.29, 0.717) is 25.1 Å². The van der Waals surface area contributed by atoms with Crippen LogP contribution in [0.1, 0.15) is 60.9 Å². The van der Waals surface area contributed by atoms with E-state index in [0.717, 1.165) is 44.1 Å². The minimum atomic E-state index is -0.879. The van der Waals surface area contributed by atoms with Gasteiger partial charge in [-0.05, 0) is 64.0 Å². The number of amides is 3. The second-order valence-corrected chi connectivity index (χ2v) is 9.02. The Morgan fingerprint density at radius 2 is 1.70 bits per heavy atom. The van der Waals surface area contributed by atoms with Crippen LogP contribution in [0.2, 0.25) is 0 Å². The molecule has 0 aromatic heterocycles. The molecule has 0 radical (unpaired) electrons. The number of rotatable bonds is 4. The summed E-state index contributed by atoms with van der Waals surface area (Å²) in [4.78, 5) is 42.9. The van der Waals surface area contributed by atoms with E-state index in [4.69, 9.17) is 5.73 Å². The summed E-state index contributed by atoms with van der Waals surface area (Å²) in [5.74, 6) is -0.437. The largest absolute Gasteiger partial charge is 0.350 e. The van der Waals surface area contributed by atoms with Gasteiger partial charge in [0.05, 0.1) is 0 Å². The van der Waals surface area contributed by atoms with Gasteiger partial charge in [-0.25, -0.2) is 0 Å². The molecule has 1 aromatic rings. The van der Waals surface area contributed by atoms with Gasteiger partial charge in [0.1, 0.15) is 0 Å². The van der Waals surface area contributed by atoms with E-state index in [1.54, 1.807) is 15.9 Å². The first-order valence-electron chi connectivity index (χ1n) is 11.2. The van der Waals surface area contributed by atoms with Gasteiger partial charge in [0.2, 0.25) is 5.91 Å². The van der Waals surface area contributed by atoms with Gasteiger partial charge in [-0.1, -0.05) is 17.7 Å². The van der Waals surface area contributed by atoms with Gasteiger partial charge in [-0.3, -0.25) is 14.4 Å². The minimum absolute atomic E-state index is 0.00185. The van der Waals surface area contributed by atoms with Crippen LogP contribution in [-0.2, 0) is 9.59 Å². The van der Waals surface area contributed by atoms with Crippen LogP contribution in [-0.4, -0.2) is 58.9 Å². The standard InChI is InChI=1S/C23H32N4O3/c1-15-4-2-5-17(14-15)23(30)27-13-3-12-26(22(29)16-6-7-16)21(27)20(28)25-19-10-8-18(24)9-11-19/h2,4-5,14,16,18-19,21H,3,6-13,24H2,1H3,(H,25,28). The Hall–Kier alpha value is -2.41. The molecule has 3 fully saturated rings. The van der Waals surface area contributed by atoms with Crippen molar-refractivity contribution in [2.24, 2.45) is 11.7 Å². The minimum Gasteiger partial charge on any atom is -0.350 e. The molecule has 162 valence electrons. The summed E-state index contributed by atoms with van der Waals surface area (Å²) in [7, 11) is 0. The second-order valence-electron chi connectivity index (χ2n) is 9.02. The van der Waals surface area contributed by atoms with Crippen molar-refractivity contribution in [3.05, 3.63) is 35.4 Å². The summed E-state index contributed by atoms with van der Waals surface area (Å²) in [5.41, 5.74) is 7.53. The summed E-state index contributed by atoms with van der Waals surface area (Å²) >= 11 is 0. The van der Waals surface area contributed by atoms with Crippen LogP contribution in [0.5, 0.6) is 0 Å². The van der Waals surface area contributed by atoms with Crippen molar-refractivity contribution in [1.29, 1.82) is 0 Å². The van der Waals surface area contributed by atoms with Gasteiger partial charge in [-0.15, -0.1) is 0 Å². The predicted molar refractivity (Wildman–Crippen MR) is 113 cm³/mol. The Balaban J connectivity index is 1.57. The molecule has 30 heavy (non-hydrogen) atoms. The van der Waals surface area contributed by atoms with Crippen molar-refractivity contribution in [3.8, 4) is 0 Å². The van der Waals surface area contributed by atoms with Gasteiger partial charge in [-0.2, -0.15) is 0 Å². The third kappa shape index (κ3) is 4.51. The van der Waals surface area contributed by atoms with E-state index in [-0.39, 0.29) is 35.7 Å². The van der Waals surface area contributed by atoms with Crippen LogP contribution in [0, 0.1) is 12.8 Å². The monoisotopic (exact) mass is 412 g/mol. The third-order valence-electron chi connectivity index (χ3n) is 6.48. The maximum atomic E-state index is 13.4. The highest BCUT2D eigenvalue weighted by atomic mass is 16.2. The number of carbonyl (C=O) groups is 3.